The van der Waals surface area contributed by atoms with Gasteiger partial charge in [0.1, 0.15) is 28.6 Å². The minimum absolute atomic E-state index is 0.0776. The van der Waals surface area contributed by atoms with Crippen LogP contribution in [0.15, 0.2) is 39.7 Å². The number of ether oxygens (including phenoxy) is 1. The Balaban J connectivity index is 1.89. The van der Waals surface area contributed by atoms with Crippen LogP contribution in [0.5, 0.6) is 5.75 Å². The lowest BCUT2D eigenvalue weighted by Gasteiger charge is -2.18. The number of hydrogen-bond acceptors (Lipinski definition) is 7. The first kappa shape index (κ1) is 20.6. The fourth-order valence-corrected chi connectivity index (χ4v) is 3.56. The molecule has 0 aliphatic carbocycles. The van der Waals surface area contributed by atoms with E-state index in [0.717, 1.165) is 5.56 Å². The number of halogens is 1. The Morgan fingerprint density at radius 1 is 1.29 bits per heavy atom. The second-order valence-electron chi connectivity index (χ2n) is 7.19. The Hall–Kier alpha value is -3.70. The van der Waals surface area contributed by atoms with E-state index in [-0.39, 0.29) is 22.0 Å². The molecule has 0 spiro atoms. The summed E-state index contributed by atoms with van der Waals surface area (Å²) in [6, 6.07) is 8.80. The van der Waals surface area contributed by atoms with Crippen molar-refractivity contribution in [3.05, 3.63) is 68.2 Å². The van der Waals surface area contributed by atoms with Crippen molar-refractivity contribution in [2.75, 3.05) is 0 Å². The van der Waals surface area contributed by atoms with Gasteiger partial charge in [0.05, 0.1) is 11.6 Å². The van der Waals surface area contributed by atoms with Crippen molar-refractivity contribution in [1.29, 1.82) is 5.26 Å². The summed E-state index contributed by atoms with van der Waals surface area (Å²) in [6.45, 7) is 5.41. The minimum Gasteiger partial charge on any atom is -0.483 e. The summed E-state index contributed by atoms with van der Waals surface area (Å²) in [4.78, 5) is 18.5. The smallest absolute Gasteiger partial charge is 0.196 e. The molecule has 4 aromatic rings. The van der Waals surface area contributed by atoms with Crippen LogP contribution in [0, 0.1) is 25.2 Å². The van der Waals surface area contributed by atoms with Gasteiger partial charge in [-0.3, -0.25) is 4.79 Å². The second kappa shape index (κ2) is 7.85. The highest BCUT2D eigenvalue weighted by Crippen LogP contribution is 2.32. The molecule has 9 heteroatoms. The summed E-state index contributed by atoms with van der Waals surface area (Å²) in [5.41, 5.74) is 2.79. The van der Waals surface area contributed by atoms with Crippen molar-refractivity contribution in [2.24, 2.45) is 7.05 Å². The fourth-order valence-electron chi connectivity index (χ4n) is 3.42. The highest BCUT2D eigenvalue weighted by Gasteiger charge is 2.21. The van der Waals surface area contributed by atoms with Crippen LogP contribution in [-0.4, -0.2) is 20.0 Å². The molecule has 1 atom stereocenters. The van der Waals surface area contributed by atoms with Crippen LogP contribution in [0.25, 0.3) is 22.4 Å². The molecule has 0 radical (unpaired) electrons. The number of fused-ring (bicyclic) bond motifs is 1. The van der Waals surface area contributed by atoms with E-state index in [4.69, 9.17) is 20.8 Å². The van der Waals surface area contributed by atoms with Gasteiger partial charge in [0.2, 0.25) is 0 Å². The zero-order chi connectivity index (χ0) is 22.3. The van der Waals surface area contributed by atoms with E-state index in [1.54, 1.807) is 38.4 Å². The Labute approximate surface area is 182 Å². The fraction of sp³-hybridized carbons (Fsp3) is 0.227. The summed E-state index contributed by atoms with van der Waals surface area (Å²) in [5.74, 6) is 0.645. The third-order valence-corrected chi connectivity index (χ3v) is 5.11. The largest absolute Gasteiger partial charge is 0.483 e. The number of nitriles is 1. The normalized spacial score (nSPS) is 12.0. The monoisotopic (exact) mass is 435 g/mol. The predicted octanol–water partition coefficient (Wildman–Crippen LogP) is 4.27. The molecule has 1 aromatic carbocycles. The predicted molar refractivity (Wildman–Crippen MR) is 115 cm³/mol. The van der Waals surface area contributed by atoms with Gasteiger partial charge in [-0.15, -0.1) is 0 Å². The van der Waals surface area contributed by atoms with E-state index >= 15 is 0 Å². The molecule has 0 fully saturated rings. The molecule has 3 heterocycles. The zero-order valence-electron chi connectivity index (χ0n) is 17.3. The van der Waals surface area contributed by atoms with Gasteiger partial charge in [-0.05, 0) is 50.6 Å². The van der Waals surface area contributed by atoms with Gasteiger partial charge in [0.15, 0.2) is 22.6 Å². The van der Waals surface area contributed by atoms with E-state index in [1.807, 2.05) is 26.0 Å². The lowest BCUT2D eigenvalue weighted by atomic mass is 10.0. The molecule has 0 N–H and O–H groups in total. The minimum atomic E-state index is -0.543. The molecule has 0 amide bonds. The van der Waals surface area contributed by atoms with Crippen LogP contribution in [0.4, 0.5) is 0 Å². The summed E-state index contributed by atoms with van der Waals surface area (Å²) in [5, 5.41) is 18.3. The molecule has 0 bridgehead atoms. The van der Waals surface area contributed by atoms with Crippen molar-refractivity contribution in [1.82, 2.24) is 20.0 Å². The molecule has 31 heavy (non-hydrogen) atoms. The van der Waals surface area contributed by atoms with Crippen LogP contribution in [0.2, 0.25) is 5.15 Å². The lowest BCUT2D eigenvalue weighted by Crippen LogP contribution is -2.12. The van der Waals surface area contributed by atoms with Gasteiger partial charge in [0.25, 0.3) is 0 Å². The molecule has 0 unspecified atom stereocenters. The summed E-state index contributed by atoms with van der Waals surface area (Å²) >= 11 is 5.88. The maximum Gasteiger partial charge on any atom is 0.196 e. The number of rotatable bonds is 4. The van der Waals surface area contributed by atoms with Crippen LogP contribution in [-0.2, 0) is 7.05 Å². The quantitative estimate of drug-likeness (QED) is 0.440. The molecule has 8 nitrogen and oxygen atoms in total. The summed E-state index contributed by atoms with van der Waals surface area (Å²) in [7, 11) is 1.69. The maximum absolute atomic E-state index is 13.1. The van der Waals surface area contributed by atoms with E-state index in [0.29, 0.717) is 33.6 Å². The molecular weight excluding hydrogens is 418 g/mol. The number of hydrogen-bond donors (Lipinski definition) is 0. The average Bonchev–Trinajstić information content (AvgIpc) is 3.17. The Morgan fingerprint density at radius 3 is 2.74 bits per heavy atom. The third kappa shape index (κ3) is 3.76. The Kier molecular flexibility index (Phi) is 5.21. The van der Waals surface area contributed by atoms with E-state index in [2.05, 4.69) is 15.2 Å². The van der Waals surface area contributed by atoms with Gasteiger partial charge in [-0.2, -0.15) is 20.3 Å². The van der Waals surface area contributed by atoms with E-state index in [1.165, 1.54) is 4.80 Å². The SMILES string of the molecule is Cc1cc([C@@H](C)Oc2ccc(Cl)nc2C#N)c2oc(-c3cnn(C)n3)c(C)c(=O)c2c1. The molecule has 0 saturated heterocycles. The van der Waals surface area contributed by atoms with Gasteiger partial charge < -0.3 is 9.15 Å². The molecular formula is C22H18ClN5O3. The van der Waals surface area contributed by atoms with Gasteiger partial charge in [-0.25, -0.2) is 4.98 Å². The van der Waals surface area contributed by atoms with Crippen molar-refractivity contribution in [3.8, 4) is 23.3 Å². The standard InChI is InChI=1S/C22H18ClN5O3/c1-11-7-14(13(3)30-18-5-6-19(23)26-16(18)9-24)22-15(8-11)20(29)12(2)21(31-22)17-10-25-28(4)27-17/h5-8,10,13H,1-4H3/t13-/m1/s1. The van der Waals surface area contributed by atoms with E-state index in [9.17, 15) is 10.1 Å². The van der Waals surface area contributed by atoms with Crippen LogP contribution in [0.1, 0.15) is 35.4 Å². The first-order valence-corrected chi connectivity index (χ1v) is 9.84. The third-order valence-electron chi connectivity index (χ3n) is 4.90. The van der Waals surface area contributed by atoms with Crippen molar-refractivity contribution in [2.45, 2.75) is 26.9 Å². The summed E-state index contributed by atoms with van der Waals surface area (Å²) in [6.07, 6.45) is 1.00. The average molecular weight is 436 g/mol. The number of nitrogens with zero attached hydrogens (tertiary/aromatic N) is 5. The molecule has 0 aliphatic rings. The highest BCUT2D eigenvalue weighted by atomic mass is 35.5. The number of aromatic nitrogens is 4. The number of pyridine rings is 1. The molecule has 4 rings (SSSR count). The second-order valence-corrected chi connectivity index (χ2v) is 7.58. The molecule has 0 aliphatic heterocycles. The lowest BCUT2D eigenvalue weighted by molar-refractivity contribution is 0.225. The van der Waals surface area contributed by atoms with Crippen molar-refractivity contribution < 1.29 is 9.15 Å². The van der Waals surface area contributed by atoms with Gasteiger partial charge >= 0.3 is 0 Å². The van der Waals surface area contributed by atoms with Crippen molar-refractivity contribution in [3.63, 3.8) is 0 Å². The van der Waals surface area contributed by atoms with Crippen LogP contribution < -0.4 is 10.2 Å². The molecule has 3 aromatic heterocycles. The maximum atomic E-state index is 13.1. The molecule has 0 saturated carbocycles. The molecule has 156 valence electrons. The number of benzene rings is 1. The Morgan fingerprint density at radius 2 is 2.06 bits per heavy atom. The van der Waals surface area contributed by atoms with Gasteiger partial charge in [0, 0.05) is 18.2 Å². The first-order chi connectivity index (χ1) is 14.8. The van der Waals surface area contributed by atoms with Crippen molar-refractivity contribution >= 4 is 22.6 Å². The first-order valence-electron chi connectivity index (χ1n) is 9.46. The Bertz CT molecular complexity index is 1420. The van der Waals surface area contributed by atoms with Gasteiger partial charge in [-0.1, -0.05) is 11.6 Å². The zero-order valence-corrected chi connectivity index (χ0v) is 18.1. The topological polar surface area (TPSA) is 107 Å². The van der Waals surface area contributed by atoms with Crippen LogP contribution in [0.3, 0.4) is 0 Å². The van der Waals surface area contributed by atoms with E-state index < -0.39 is 6.10 Å². The summed E-state index contributed by atoms with van der Waals surface area (Å²) < 4.78 is 12.2. The van der Waals surface area contributed by atoms with Crippen LogP contribution >= 0.6 is 11.6 Å². The number of aryl methyl sites for hydroxylation is 2. The highest BCUT2D eigenvalue weighted by molar-refractivity contribution is 6.29.